The number of hydrogen-bond donors (Lipinski definition) is 2. The second-order valence-electron chi connectivity index (χ2n) is 5.34. The van der Waals surface area contributed by atoms with Crippen molar-refractivity contribution >= 4 is 11.5 Å². The second kappa shape index (κ2) is 3.88. The molecular formula is C13H19N3O. The maximum Gasteiger partial charge on any atom is 0.152 e. The normalized spacial score (nSPS) is 31.9. The highest BCUT2D eigenvalue weighted by molar-refractivity contribution is 5.66. The van der Waals surface area contributed by atoms with Crippen LogP contribution in [0.5, 0.6) is 0 Å². The van der Waals surface area contributed by atoms with Crippen molar-refractivity contribution in [3.63, 3.8) is 0 Å². The molecule has 1 aliphatic heterocycles. The van der Waals surface area contributed by atoms with Crippen LogP contribution < -0.4 is 10.6 Å². The molecular weight excluding hydrogens is 214 g/mol. The molecule has 4 nitrogen and oxygen atoms in total. The zero-order valence-corrected chi connectivity index (χ0v) is 10.1. The number of anilines is 2. The third kappa shape index (κ3) is 1.67. The molecule has 2 heterocycles. The molecule has 2 fully saturated rings. The zero-order valence-electron chi connectivity index (χ0n) is 10.1. The van der Waals surface area contributed by atoms with Crippen molar-refractivity contribution in [3.05, 3.63) is 17.8 Å². The average molecular weight is 233 g/mol. The first-order chi connectivity index (χ1) is 8.16. The Kier molecular flexibility index (Phi) is 2.47. The molecule has 2 aliphatic rings. The molecule has 0 bridgehead atoms. The number of pyridine rings is 1. The SMILES string of the molecule is Cc1ccnc(N2CC3CCC(O)C3C2)c1N. The lowest BCUT2D eigenvalue weighted by Crippen LogP contribution is -2.26. The number of aliphatic hydroxyl groups excluding tert-OH is 1. The van der Waals surface area contributed by atoms with Gasteiger partial charge in [-0.25, -0.2) is 4.98 Å². The van der Waals surface area contributed by atoms with Gasteiger partial charge in [0.2, 0.25) is 0 Å². The van der Waals surface area contributed by atoms with E-state index in [2.05, 4.69) is 9.88 Å². The number of nitrogens with zero attached hydrogens (tertiary/aromatic N) is 2. The van der Waals surface area contributed by atoms with Crippen molar-refractivity contribution in [3.8, 4) is 0 Å². The molecule has 3 N–H and O–H groups in total. The Labute approximate surface area is 101 Å². The molecule has 3 rings (SSSR count). The lowest BCUT2D eigenvalue weighted by Gasteiger charge is -2.21. The van der Waals surface area contributed by atoms with Crippen LogP contribution >= 0.6 is 0 Å². The van der Waals surface area contributed by atoms with Gasteiger partial charge in [-0.05, 0) is 37.3 Å². The number of nitrogen functional groups attached to an aromatic ring is 1. The van der Waals surface area contributed by atoms with E-state index >= 15 is 0 Å². The van der Waals surface area contributed by atoms with E-state index in [0.29, 0.717) is 11.8 Å². The van der Waals surface area contributed by atoms with Gasteiger partial charge in [0.25, 0.3) is 0 Å². The van der Waals surface area contributed by atoms with Crippen LogP contribution in [0.4, 0.5) is 11.5 Å². The van der Waals surface area contributed by atoms with E-state index < -0.39 is 0 Å². The summed E-state index contributed by atoms with van der Waals surface area (Å²) in [6.07, 6.45) is 3.77. The molecule has 92 valence electrons. The molecule has 0 spiro atoms. The summed E-state index contributed by atoms with van der Waals surface area (Å²) >= 11 is 0. The Bertz CT molecular complexity index is 435. The number of hydrogen-bond acceptors (Lipinski definition) is 4. The Balaban J connectivity index is 1.85. The molecule has 0 aromatic carbocycles. The van der Waals surface area contributed by atoms with E-state index in [-0.39, 0.29) is 6.10 Å². The minimum Gasteiger partial charge on any atom is -0.396 e. The monoisotopic (exact) mass is 233 g/mol. The molecule has 3 unspecified atom stereocenters. The number of fused-ring (bicyclic) bond motifs is 1. The lowest BCUT2D eigenvalue weighted by atomic mass is 10.00. The Morgan fingerprint density at radius 3 is 3.00 bits per heavy atom. The summed E-state index contributed by atoms with van der Waals surface area (Å²) in [5, 5.41) is 9.91. The average Bonchev–Trinajstić information content (AvgIpc) is 2.85. The molecule has 1 saturated heterocycles. The van der Waals surface area contributed by atoms with Crippen molar-refractivity contribution in [2.24, 2.45) is 11.8 Å². The van der Waals surface area contributed by atoms with Crippen LogP contribution in [0.3, 0.4) is 0 Å². The molecule has 1 aromatic rings. The number of aliphatic hydroxyl groups is 1. The smallest absolute Gasteiger partial charge is 0.152 e. The van der Waals surface area contributed by atoms with Crippen LogP contribution in [0.15, 0.2) is 12.3 Å². The Morgan fingerprint density at radius 1 is 1.41 bits per heavy atom. The van der Waals surface area contributed by atoms with Gasteiger partial charge in [-0.1, -0.05) is 0 Å². The maximum absolute atomic E-state index is 9.91. The number of aryl methyl sites for hydroxylation is 1. The van der Waals surface area contributed by atoms with Crippen LogP contribution in [0.25, 0.3) is 0 Å². The summed E-state index contributed by atoms with van der Waals surface area (Å²) in [4.78, 5) is 6.63. The van der Waals surface area contributed by atoms with Crippen molar-refractivity contribution in [1.82, 2.24) is 4.98 Å². The van der Waals surface area contributed by atoms with Crippen molar-refractivity contribution in [2.45, 2.75) is 25.9 Å². The van der Waals surface area contributed by atoms with Gasteiger partial charge >= 0.3 is 0 Å². The van der Waals surface area contributed by atoms with Crippen molar-refractivity contribution < 1.29 is 5.11 Å². The third-order valence-corrected chi connectivity index (χ3v) is 4.31. The molecule has 4 heteroatoms. The van der Waals surface area contributed by atoms with Gasteiger partial charge in [-0.2, -0.15) is 0 Å². The number of rotatable bonds is 1. The number of aromatic nitrogens is 1. The minimum atomic E-state index is -0.129. The molecule has 1 aliphatic carbocycles. The van der Waals surface area contributed by atoms with Gasteiger partial charge in [0, 0.05) is 25.2 Å². The summed E-state index contributed by atoms with van der Waals surface area (Å²) in [7, 11) is 0. The first kappa shape index (κ1) is 10.8. The molecule has 0 radical (unpaired) electrons. The fourth-order valence-electron chi connectivity index (χ4n) is 3.22. The van der Waals surface area contributed by atoms with Crippen molar-refractivity contribution in [2.75, 3.05) is 23.7 Å². The lowest BCUT2D eigenvalue weighted by molar-refractivity contribution is 0.133. The fourth-order valence-corrected chi connectivity index (χ4v) is 3.22. The van der Waals surface area contributed by atoms with Crippen LogP contribution in [-0.4, -0.2) is 29.3 Å². The summed E-state index contributed by atoms with van der Waals surface area (Å²) in [6.45, 7) is 3.89. The highest BCUT2D eigenvalue weighted by Gasteiger charge is 2.42. The van der Waals surface area contributed by atoms with E-state index in [1.165, 1.54) is 0 Å². The van der Waals surface area contributed by atoms with Gasteiger partial charge in [-0.3, -0.25) is 0 Å². The molecule has 3 atom stereocenters. The summed E-state index contributed by atoms with van der Waals surface area (Å²) in [6, 6.07) is 1.94. The molecule has 17 heavy (non-hydrogen) atoms. The van der Waals surface area contributed by atoms with E-state index in [0.717, 1.165) is 43.0 Å². The van der Waals surface area contributed by atoms with Gasteiger partial charge in [-0.15, -0.1) is 0 Å². The van der Waals surface area contributed by atoms with Crippen LogP contribution in [0.1, 0.15) is 18.4 Å². The van der Waals surface area contributed by atoms with E-state index in [9.17, 15) is 5.11 Å². The second-order valence-corrected chi connectivity index (χ2v) is 5.34. The molecule has 0 amide bonds. The van der Waals surface area contributed by atoms with Crippen molar-refractivity contribution in [1.29, 1.82) is 0 Å². The molecule has 1 saturated carbocycles. The third-order valence-electron chi connectivity index (χ3n) is 4.31. The fraction of sp³-hybridized carbons (Fsp3) is 0.615. The van der Waals surface area contributed by atoms with Gasteiger partial charge < -0.3 is 15.7 Å². The largest absolute Gasteiger partial charge is 0.396 e. The summed E-state index contributed by atoms with van der Waals surface area (Å²) in [5.41, 5.74) is 7.94. The first-order valence-corrected chi connectivity index (χ1v) is 6.31. The Hall–Kier alpha value is -1.29. The highest BCUT2D eigenvalue weighted by atomic mass is 16.3. The minimum absolute atomic E-state index is 0.129. The van der Waals surface area contributed by atoms with E-state index in [4.69, 9.17) is 5.73 Å². The van der Waals surface area contributed by atoms with Crippen LogP contribution in [0, 0.1) is 18.8 Å². The standard InChI is InChI=1S/C13H19N3O/c1-8-4-5-15-13(12(8)14)16-6-9-2-3-11(17)10(9)7-16/h4-5,9-11,17H,2-3,6-7,14H2,1H3. The van der Waals surface area contributed by atoms with E-state index in [1.807, 2.05) is 19.2 Å². The van der Waals surface area contributed by atoms with Gasteiger partial charge in [0.15, 0.2) is 5.82 Å². The summed E-state index contributed by atoms with van der Waals surface area (Å²) < 4.78 is 0. The molecule has 1 aromatic heterocycles. The van der Waals surface area contributed by atoms with Crippen LogP contribution in [0.2, 0.25) is 0 Å². The predicted octanol–water partition coefficient (Wildman–Crippen LogP) is 1.18. The van der Waals surface area contributed by atoms with Gasteiger partial charge in [0.1, 0.15) is 0 Å². The van der Waals surface area contributed by atoms with Gasteiger partial charge in [0.05, 0.1) is 11.8 Å². The van der Waals surface area contributed by atoms with Crippen LogP contribution in [-0.2, 0) is 0 Å². The number of nitrogens with two attached hydrogens (primary N) is 1. The highest BCUT2D eigenvalue weighted by Crippen LogP contribution is 2.40. The quantitative estimate of drug-likeness (QED) is 0.764. The summed E-state index contributed by atoms with van der Waals surface area (Å²) in [5.74, 6) is 1.93. The van der Waals surface area contributed by atoms with E-state index in [1.54, 1.807) is 0 Å². The first-order valence-electron chi connectivity index (χ1n) is 6.31. The topological polar surface area (TPSA) is 62.4 Å². The predicted molar refractivity (Wildman–Crippen MR) is 67.8 cm³/mol. The maximum atomic E-state index is 9.91. The Morgan fingerprint density at radius 2 is 2.24 bits per heavy atom. The zero-order chi connectivity index (χ0) is 12.0.